The molecule has 0 spiro atoms. The summed E-state index contributed by atoms with van der Waals surface area (Å²) in [5.74, 6) is -5.28. The molecule has 7 atom stereocenters. The summed E-state index contributed by atoms with van der Waals surface area (Å²) in [6.07, 6.45) is -15.7. The molecule has 5 rings (SSSR count). The summed E-state index contributed by atoms with van der Waals surface area (Å²) in [4.78, 5) is 25.5. The van der Waals surface area contributed by atoms with E-state index in [0.29, 0.717) is 0 Å². The molecule has 1 aliphatic carbocycles. The molecule has 7 unspecified atom stereocenters. The number of ether oxygens (including phenoxy) is 3. The molecule has 11 N–H and O–H groups in total. The Bertz CT molecular complexity index is 1620. The van der Waals surface area contributed by atoms with Crippen molar-refractivity contribution in [3.8, 4) is 40.1 Å². The third kappa shape index (κ3) is 5.83. The molecule has 45 heavy (non-hydrogen) atoms. The first-order valence-electron chi connectivity index (χ1n) is 13.5. The molecular weight excluding hydrogens is 608 g/mol. The van der Waals surface area contributed by atoms with Crippen LogP contribution in [-0.2, 0) is 14.3 Å². The Hall–Kier alpha value is -4.20. The molecule has 1 aromatic heterocycles. The van der Waals surface area contributed by atoms with E-state index in [0.717, 1.165) is 6.07 Å². The third-order valence-corrected chi connectivity index (χ3v) is 7.74. The van der Waals surface area contributed by atoms with Crippen LogP contribution in [-0.4, -0.2) is 123 Å². The Labute approximate surface area is 251 Å². The van der Waals surface area contributed by atoms with E-state index in [-0.39, 0.29) is 11.3 Å². The number of hydrogen-bond acceptors (Lipinski definition) is 17. The van der Waals surface area contributed by atoms with Crippen molar-refractivity contribution in [1.82, 2.24) is 0 Å². The van der Waals surface area contributed by atoms with Gasteiger partial charge in [-0.2, -0.15) is 0 Å². The summed E-state index contributed by atoms with van der Waals surface area (Å²) in [5.41, 5.74) is -4.12. The van der Waals surface area contributed by atoms with Crippen molar-refractivity contribution < 1.29 is 79.6 Å². The normalized spacial score (nSPS) is 31.9. The monoisotopic (exact) mass is 638 g/mol. The molecule has 1 saturated heterocycles. The average molecular weight is 639 g/mol. The van der Waals surface area contributed by atoms with Crippen molar-refractivity contribution in [1.29, 1.82) is 0 Å². The number of phenols is 3. The lowest BCUT2D eigenvalue weighted by Gasteiger charge is -2.41. The SMILES string of the molecule is O=C(OCC1OC(Oc2cc(O)c3c(=O)c(O)c(-c4ccc(O)cc4)oc3c2O)C(O)C(O)C1O)C1(O)CC(O)C(O)C(O)C1. The number of rotatable bonds is 6. The van der Waals surface area contributed by atoms with E-state index in [1.165, 1.54) is 24.3 Å². The van der Waals surface area contributed by atoms with Crippen LogP contribution in [0.3, 0.4) is 0 Å². The summed E-state index contributed by atoms with van der Waals surface area (Å²) < 4.78 is 21.4. The molecule has 1 aliphatic heterocycles. The van der Waals surface area contributed by atoms with Crippen LogP contribution in [0.2, 0.25) is 0 Å². The molecule has 0 radical (unpaired) electrons. The van der Waals surface area contributed by atoms with Gasteiger partial charge < -0.3 is 74.8 Å². The molecule has 17 nitrogen and oxygen atoms in total. The molecule has 0 bridgehead atoms. The summed E-state index contributed by atoms with van der Waals surface area (Å²) in [6.45, 7) is -0.861. The average Bonchev–Trinajstić information content (AvgIpc) is 2.99. The van der Waals surface area contributed by atoms with Gasteiger partial charge in [0.2, 0.25) is 23.2 Å². The van der Waals surface area contributed by atoms with Gasteiger partial charge in [0.25, 0.3) is 0 Å². The van der Waals surface area contributed by atoms with Crippen LogP contribution in [0.25, 0.3) is 22.3 Å². The maximum atomic E-state index is 12.9. The van der Waals surface area contributed by atoms with Gasteiger partial charge in [0.05, 0.1) is 12.2 Å². The van der Waals surface area contributed by atoms with Gasteiger partial charge in [-0.15, -0.1) is 0 Å². The maximum absolute atomic E-state index is 12.9. The molecule has 0 amide bonds. The van der Waals surface area contributed by atoms with Crippen LogP contribution in [0, 0.1) is 0 Å². The van der Waals surface area contributed by atoms with Crippen LogP contribution >= 0.6 is 0 Å². The fourth-order valence-electron chi connectivity index (χ4n) is 5.21. The lowest BCUT2D eigenvalue weighted by atomic mass is 9.79. The first-order chi connectivity index (χ1) is 21.1. The fraction of sp³-hybridized carbons (Fsp3) is 0.429. The number of aromatic hydroxyl groups is 4. The van der Waals surface area contributed by atoms with Gasteiger partial charge in [-0.3, -0.25) is 4.79 Å². The standard InChI is InChI=1S/C28H30O17/c29-10-3-1-9(2-4-10)24-22(38)20(36)16-11(30)5-14(19(35)25(16)45-24)43-26-23(39)21(37)18(34)15(44-26)8-42-27(40)28(41)6-12(31)17(33)13(32)7-28/h1-5,12-13,15,17-18,21,23,26,29-35,37-39,41H,6-8H2. The Morgan fingerprint density at radius 3 is 2.11 bits per heavy atom. The van der Waals surface area contributed by atoms with Gasteiger partial charge in [-0.1, -0.05) is 0 Å². The highest BCUT2D eigenvalue weighted by atomic mass is 16.7. The third-order valence-electron chi connectivity index (χ3n) is 7.74. The second kappa shape index (κ2) is 12.0. The largest absolute Gasteiger partial charge is 0.508 e. The number of carbonyl (C=O) groups is 1. The predicted molar refractivity (Wildman–Crippen MR) is 145 cm³/mol. The van der Waals surface area contributed by atoms with Gasteiger partial charge in [-0.05, 0) is 24.3 Å². The zero-order chi connectivity index (χ0) is 33.0. The van der Waals surface area contributed by atoms with E-state index in [1.54, 1.807) is 0 Å². The molecule has 2 fully saturated rings. The zero-order valence-electron chi connectivity index (χ0n) is 23.0. The first-order valence-corrected chi connectivity index (χ1v) is 13.5. The number of aliphatic hydroxyl groups is 7. The Morgan fingerprint density at radius 1 is 0.867 bits per heavy atom. The summed E-state index contributed by atoms with van der Waals surface area (Å²) in [7, 11) is 0. The smallest absolute Gasteiger partial charge is 0.338 e. The van der Waals surface area contributed by atoms with Crippen molar-refractivity contribution in [2.45, 2.75) is 67.5 Å². The molecule has 244 valence electrons. The minimum atomic E-state index is -2.42. The van der Waals surface area contributed by atoms with Crippen molar-refractivity contribution in [2.75, 3.05) is 6.61 Å². The second-order valence-electron chi connectivity index (χ2n) is 10.9. The minimum absolute atomic E-state index is 0.105. The van der Waals surface area contributed by atoms with E-state index >= 15 is 0 Å². The quantitative estimate of drug-likeness (QED) is 0.0992. The zero-order valence-corrected chi connectivity index (χ0v) is 23.0. The minimum Gasteiger partial charge on any atom is -0.508 e. The van der Waals surface area contributed by atoms with Gasteiger partial charge in [0.1, 0.15) is 54.0 Å². The number of carbonyl (C=O) groups excluding carboxylic acids is 1. The molecule has 1 saturated carbocycles. The summed E-state index contributed by atoms with van der Waals surface area (Å²) in [5, 5.41) is 112. The van der Waals surface area contributed by atoms with Crippen LogP contribution in [0.4, 0.5) is 0 Å². The number of hydrogen-bond donors (Lipinski definition) is 11. The highest BCUT2D eigenvalue weighted by molar-refractivity contribution is 5.93. The fourth-order valence-corrected chi connectivity index (χ4v) is 5.21. The Balaban J connectivity index is 1.39. The number of esters is 1. The van der Waals surface area contributed by atoms with Gasteiger partial charge in [0.15, 0.2) is 22.7 Å². The summed E-state index contributed by atoms with van der Waals surface area (Å²) >= 11 is 0. The molecular formula is C28H30O17. The first kappa shape index (κ1) is 32.2. The van der Waals surface area contributed by atoms with Gasteiger partial charge in [-0.25, -0.2) is 4.79 Å². The number of benzene rings is 2. The number of fused-ring (bicyclic) bond motifs is 1. The van der Waals surface area contributed by atoms with Crippen LogP contribution in [0.5, 0.6) is 28.7 Å². The van der Waals surface area contributed by atoms with Crippen molar-refractivity contribution >= 4 is 16.9 Å². The van der Waals surface area contributed by atoms with E-state index in [4.69, 9.17) is 18.6 Å². The number of aliphatic hydroxyl groups excluding tert-OH is 6. The van der Waals surface area contributed by atoms with Crippen molar-refractivity contribution in [3.05, 3.63) is 40.6 Å². The van der Waals surface area contributed by atoms with Gasteiger partial charge >= 0.3 is 5.97 Å². The van der Waals surface area contributed by atoms with E-state index in [2.05, 4.69) is 0 Å². The topological polar surface area (TPSA) is 298 Å². The summed E-state index contributed by atoms with van der Waals surface area (Å²) in [6, 6.07) is 5.78. The van der Waals surface area contributed by atoms with Crippen LogP contribution < -0.4 is 10.2 Å². The van der Waals surface area contributed by atoms with Crippen LogP contribution in [0.15, 0.2) is 39.5 Å². The lowest BCUT2D eigenvalue weighted by molar-refractivity contribution is -0.280. The Morgan fingerprint density at radius 2 is 1.49 bits per heavy atom. The lowest BCUT2D eigenvalue weighted by Crippen LogP contribution is -2.61. The van der Waals surface area contributed by atoms with Crippen LogP contribution in [0.1, 0.15) is 12.8 Å². The maximum Gasteiger partial charge on any atom is 0.338 e. The van der Waals surface area contributed by atoms with Crippen molar-refractivity contribution in [3.63, 3.8) is 0 Å². The molecule has 2 aliphatic rings. The second-order valence-corrected chi connectivity index (χ2v) is 10.9. The van der Waals surface area contributed by atoms with Gasteiger partial charge in [0, 0.05) is 24.5 Å². The van der Waals surface area contributed by atoms with E-state index in [1.807, 2.05) is 0 Å². The molecule has 3 aromatic rings. The van der Waals surface area contributed by atoms with E-state index < -0.39 is 125 Å². The Kier molecular flexibility index (Phi) is 8.55. The predicted octanol–water partition coefficient (Wildman–Crippen LogP) is -2.38. The molecule has 2 heterocycles. The molecule has 2 aromatic carbocycles. The van der Waals surface area contributed by atoms with E-state index in [9.17, 15) is 65.8 Å². The highest BCUT2D eigenvalue weighted by Crippen LogP contribution is 2.43. The number of phenolic OH excluding ortho intramolecular Hbond substituents is 3. The highest BCUT2D eigenvalue weighted by Gasteiger charge is 2.51. The van der Waals surface area contributed by atoms with Crippen molar-refractivity contribution in [2.24, 2.45) is 0 Å². The molecule has 17 heteroatoms.